The molecule has 1 atom stereocenters. The maximum atomic E-state index is 13.6. The summed E-state index contributed by atoms with van der Waals surface area (Å²) in [6, 6.07) is 14.5. The molecular formula is C25H22N2O5S. The standard InChI is InChI=1S/C25H22N2O5S/c1-3-17-21(24(29)30-2)22(16-7-5-4-6-8-16)27-23(28)20(33-25(27)26-17)14-15-9-10-18-19(13-15)32-12-11-31-18/h4-10,13-14,22H,3,11-12H2,1-2H3/b20-14+/t22-/m1/s1. The van der Waals surface area contributed by atoms with Crippen molar-refractivity contribution < 1.29 is 19.0 Å². The summed E-state index contributed by atoms with van der Waals surface area (Å²) < 4.78 is 18.4. The van der Waals surface area contributed by atoms with E-state index in [1.54, 1.807) is 4.57 Å². The van der Waals surface area contributed by atoms with E-state index < -0.39 is 12.0 Å². The van der Waals surface area contributed by atoms with E-state index >= 15 is 0 Å². The molecule has 0 bridgehead atoms. The van der Waals surface area contributed by atoms with Crippen LogP contribution in [-0.4, -0.2) is 30.9 Å². The Bertz CT molecular complexity index is 1440. The van der Waals surface area contributed by atoms with Crippen LogP contribution in [0.15, 0.2) is 69.6 Å². The second kappa shape index (κ2) is 8.71. The molecule has 2 aromatic carbocycles. The largest absolute Gasteiger partial charge is 0.486 e. The fourth-order valence-electron chi connectivity index (χ4n) is 4.12. The molecule has 33 heavy (non-hydrogen) atoms. The van der Waals surface area contributed by atoms with E-state index in [1.165, 1.54) is 18.4 Å². The summed E-state index contributed by atoms with van der Waals surface area (Å²) in [6.07, 6.45) is 2.36. The van der Waals surface area contributed by atoms with Gasteiger partial charge in [0.1, 0.15) is 13.2 Å². The maximum Gasteiger partial charge on any atom is 0.338 e. The van der Waals surface area contributed by atoms with Crippen molar-refractivity contribution in [3.63, 3.8) is 0 Å². The smallest absolute Gasteiger partial charge is 0.338 e. The fourth-order valence-corrected chi connectivity index (χ4v) is 5.14. The van der Waals surface area contributed by atoms with Crippen LogP contribution in [0.2, 0.25) is 0 Å². The number of fused-ring (bicyclic) bond motifs is 2. The Labute approximate surface area is 193 Å². The van der Waals surface area contributed by atoms with Gasteiger partial charge in [-0.1, -0.05) is 54.7 Å². The first kappa shape index (κ1) is 21.2. The molecule has 7 nitrogen and oxygen atoms in total. The first-order valence-electron chi connectivity index (χ1n) is 10.7. The molecule has 0 saturated carbocycles. The molecule has 0 radical (unpaired) electrons. The van der Waals surface area contributed by atoms with Crippen molar-refractivity contribution in [2.45, 2.75) is 19.4 Å². The number of nitrogens with zero attached hydrogens (tertiary/aromatic N) is 2. The third-order valence-corrected chi connectivity index (χ3v) is 6.61. The molecule has 0 N–H and O–H groups in total. The Hall–Kier alpha value is -3.65. The molecule has 2 aliphatic rings. The third kappa shape index (κ3) is 3.76. The van der Waals surface area contributed by atoms with Gasteiger partial charge < -0.3 is 14.2 Å². The van der Waals surface area contributed by atoms with Crippen LogP contribution in [0.5, 0.6) is 11.5 Å². The van der Waals surface area contributed by atoms with Gasteiger partial charge >= 0.3 is 5.97 Å². The molecule has 1 aromatic heterocycles. The number of esters is 1. The molecule has 0 amide bonds. The zero-order valence-corrected chi connectivity index (χ0v) is 19.1. The number of ether oxygens (including phenoxy) is 3. The highest BCUT2D eigenvalue weighted by molar-refractivity contribution is 7.07. The number of thiazole rings is 1. The highest BCUT2D eigenvalue weighted by Crippen LogP contribution is 2.32. The summed E-state index contributed by atoms with van der Waals surface area (Å²) in [5, 5.41) is 0. The summed E-state index contributed by atoms with van der Waals surface area (Å²) in [5.41, 5.74) is 2.46. The second-order valence-corrected chi connectivity index (χ2v) is 8.61. The predicted molar refractivity (Wildman–Crippen MR) is 124 cm³/mol. The van der Waals surface area contributed by atoms with Crippen LogP contribution in [0.1, 0.15) is 30.5 Å². The molecule has 2 aliphatic heterocycles. The van der Waals surface area contributed by atoms with Gasteiger partial charge in [-0.3, -0.25) is 9.36 Å². The van der Waals surface area contributed by atoms with Gasteiger partial charge in [0, 0.05) is 0 Å². The van der Waals surface area contributed by atoms with Gasteiger partial charge in [0.15, 0.2) is 16.3 Å². The summed E-state index contributed by atoms with van der Waals surface area (Å²) in [7, 11) is 1.34. The minimum absolute atomic E-state index is 0.209. The average Bonchev–Trinajstić information content (AvgIpc) is 3.17. The number of rotatable bonds is 4. The van der Waals surface area contributed by atoms with E-state index in [0.29, 0.717) is 51.7 Å². The van der Waals surface area contributed by atoms with Crippen LogP contribution in [-0.2, 0) is 9.53 Å². The van der Waals surface area contributed by atoms with Gasteiger partial charge in [0.2, 0.25) is 0 Å². The summed E-state index contributed by atoms with van der Waals surface area (Å²) >= 11 is 1.30. The Morgan fingerprint density at radius 3 is 2.67 bits per heavy atom. The van der Waals surface area contributed by atoms with Gasteiger partial charge in [-0.05, 0) is 35.8 Å². The van der Waals surface area contributed by atoms with E-state index in [-0.39, 0.29) is 5.56 Å². The van der Waals surface area contributed by atoms with E-state index in [0.717, 1.165) is 11.1 Å². The number of aromatic nitrogens is 1. The van der Waals surface area contributed by atoms with E-state index in [4.69, 9.17) is 14.2 Å². The lowest BCUT2D eigenvalue weighted by Crippen LogP contribution is -2.40. The van der Waals surface area contributed by atoms with Crippen LogP contribution in [0.3, 0.4) is 0 Å². The van der Waals surface area contributed by atoms with Crippen molar-refractivity contribution in [1.29, 1.82) is 0 Å². The molecule has 168 valence electrons. The molecule has 8 heteroatoms. The lowest BCUT2D eigenvalue weighted by Gasteiger charge is -2.25. The highest BCUT2D eigenvalue weighted by Gasteiger charge is 2.33. The number of benzene rings is 2. The molecule has 0 aliphatic carbocycles. The molecule has 0 spiro atoms. The Morgan fingerprint density at radius 2 is 1.94 bits per heavy atom. The monoisotopic (exact) mass is 462 g/mol. The Morgan fingerprint density at radius 1 is 1.18 bits per heavy atom. The molecule has 3 aromatic rings. The van der Waals surface area contributed by atoms with Crippen LogP contribution in [0, 0.1) is 0 Å². The van der Waals surface area contributed by atoms with Crippen LogP contribution in [0.25, 0.3) is 6.08 Å². The summed E-state index contributed by atoms with van der Waals surface area (Å²) in [6.45, 7) is 2.95. The SMILES string of the molecule is CCC1=C(C(=O)OC)[C@@H](c2ccccc2)n2c(s/c(=C/c3ccc4c(c3)OCCO4)c2=O)=N1. The van der Waals surface area contributed by atoms with Crippen molar-refractivity contribution in [2.75, 3.05) is 20.3 Å². The van der Waals surface area contributed by atoms with Crippen LogP contribution in [0.4, 0.5) is 0 Å². The van der Waals surface area contributed by atoms with Crippen molar-refractivity contribution in [3.8, 4) is 11.5 Å². The van der Waals surface area contributed by atoms with Crippen molar-refractivity contribution in [1.82, 2.24) is 4.57 Å². The summed E-state index contributed by atoms with van der Waals surface area (Å²) in [4.78, 5) is 31.6. The van der Waals surface area contributed by atoms with Crippen LogP contribution < -0.4 is 24.4 Å². The predicted octanol–water partition coefficient (Wildman–Crippen LogP) is 2.57. The fraction of sp³-hybridized carbons (Fsp3) is 0.240. The number of hydrogen-bond donors (Lipinski definition) is 0. The van der Waals surface area contributed by atoms with Gasteiger partial charge in [0.25, 0.3) is 5.56 Å². The lowest BCUT2D eigenvalue weighted by atomic mass is 9.95. The lowest BCUT2D eigenvalue weighted by molar-refractivity contribution is -0.136. The van der Waals surface area contributed by atoms with Crippen molar-refractivity contribution in [2.24, 2.45) is 4.99 Å². The van der Waals surface area contributed by atoms with Gasteiger partial charge in [-0.2, -0.15) is 0 Å². The van der Waals surface area contributed by atoms with Gasteiger partial charge in [0.05, 0.1) is 29.0 Å². The molecule has 0 saturated heterocycles. The first-order chi connectivity index (χ1) is 16.1. The molecule has 3 heterocycles. The van der Waals surface area contributed by atoms with E-state index in [9.17, 15) is 9.59 Å². The molecule has 5 rings (SSSR count). The van der Waals surface area contributed by atoms with Crippen molar-refractivity contribution >= 4 is 23.4 Å². The molecular weight excluding hydrogens is 440 g/mol. The quantitative estimate of drug-likeness (QED) is 0.557. The van der Waals surface area contributed by atoms with Crippen LogP contribution >= 0.6 is 11.3 Å². The normalized spacial score (nSPS) is 17.4. The Balaban J connectivity index is 1.71. The number of carbonyl (C=O) groups excluding carboxylic acids is 1. The minimum atomic E-state index is -0.604. The summed E-state index contributed by atoms with van der Waals surface area (Å²) in [5.74, 6) is 0.871. The zero-order chi connectivity index (χ0) is 22.9. The topological polar surface area (TPSA) is 79.1 Å². The van der Waals surface area contributed by atoms with E-state index in [1.807, 2.05) is 61.5 Å². The molecule has 0 fully saturated rings. The average molecular weight is 463 g/mol. The maximum absolute atomic E-state index is 13.6. The van der Waals surface area contributed by atoms with Gasteiger partial charge in [-0.25, -0.2) is 9.79 Å². The third-order valence-electron chi connectivity index (χ3n) is 5.63. The number of methoxy groups -OCH3 is 1. The Kier molecular flexibility index (Phi) is 5.60. The first-order valence-corrected chi connectivity index (χ1v) is 11.5. The molecule has 0 unspecified atom stereocenters. The number of hydrogen-bond acceptors (Lipinski definition) is 7. The van der Waals surface area contributed by atoms with Gasteiger partial charge in [-0.15, -0.1) is 0 Å². The minimum Gasteiger partial charge on any atom is -0.486 e. The highest BCUT2D eigenvalue weighted by atomic mass is 32.1. The van der Waals surface area contributed by atoms with E-state index in [2.05, 4.69) is 4.99 Å². The zero-order valence-electron chi connectivity index (χ0n) is 18.2. The number of carbonyl (C=O) groups is 1. The second-order valence-electron chi connectivity index (χ2n) is 7.60. The van der Waals surface area contributed by atoms with Crippen molar-refractivity contribution in [3.05, 3.63) is 90.6 Å². The number of allylic oxidation sites excluding steroid dienone is 1.